The lowest BCUT2D eigenvalue weighted by atomic mass is 9.89. The van der Waals surface area contributed by atoms with Crippen LogP contribution in [-0.4, -0.2) is 137 Å². The molecule has 62 heavy (non-hydrogen) atoms. The minimum absolute atomic E-state index is 0.101. The number of allylic oxidation sites excluding steroid dienone is 2. The number of aromatic nitrogens is 3. The van der Waals surface area contributed by atoms with E-state index in [4.69, 9.17) is 38.8 Å². The Morgan fingerprint density at radius 3 is 2.37 bits per heavy atom. The van der Waals surface area contributed by atoms with E-state index in [2.05, 4.69) is 19.9 Å². The summed E-state index contributed by atoms with van der Waals surface area (Å²) in [5, 5.41) is 21.0. The van der Waals surface area contributed by atoms with Crippen molar-refractivity contribution < 1.29 is 61.1 Å². The van der Waals surface area contributed by atoms with Gasteiger partial charge in [-0.2, -0.15) is 10.4 Å². The molecule has 2 aromatic carbocycles. The number of piperazine rings is 1. The van der Waals surface area contributed by atoms with Crippen LogP contribution in [-0.2, 0) is 50.2 Å². The van der Waals surface area contributed by atoms with E-state index in [-0.39, 0.29) is 62.2 Å². The number of aliphatic hydroxyl groups excluding tert-OH is 1. The van der Waals surface area contributed by atoms with Crippen LogP contribution in [0.25, 0.3) is 6.08 Å². The van der Waals surface area contributed by atoms with Gasteiger partial charge in [0.15, 0.2) is 11.9 Å². The third-order valence-electron chi connectivity index (χ3n) is 9.89. The van der Waals surface area contributed by atoms with Gasteiger partial charge in [-0.25, -0.2) is 27.6 Å². The van der Waals surface area contributed by atoms with E-state index in [9.17, 15) is 23.2 Å². The molecule has 3 aromatic rings. The topological polar surface area (TPSA) is 188 Å². The van der Waals surface area contributed by atoms with E-state index in [0.29, 0.717) is 24.7 Å². The molecule has 0 aliphatic carbocycles. The Balaban J connectivity index is 1.17. The van der Waals surface area contributed by atoms with E-state index >= 15 is 4.39 Å². The highest BCUT2D eigenvalue weighted by atomic mass is 32.2. The number of hydrogen-bond acceptors (Lipinski definition) is 16. The van der Waals surface area contributed by atoms with Crippen LogP contribution in [0.5, 0.6) is 0 Å². The average molecular weight is 887 g/mol. The highest BCUT2D eigenvalue weighted by Gasteiger charge is 2.47. The number of aliphatic hydroxyl groups is 1. The fourth-order valence-corrected chi connectivity index (χ4v) is 8.01. The molecule has 1 aromatic heterocycles. The molecule has 0 spiro atoms. The Morgan fingerprint density at radius 2 is 1.71 bits per heavy atom. The number of esters is 2. The normalized spacial score (nSPS) is 19.4. The summed E-state index contributed by atoms with van der Waals surface area (Å²) in [5.74, 6) is -3.89. The van der Waals surface area contributed by atoms with Crippen molar-refractivity contribution in [3.05, 3.63) is 101 Å². The summed E-state index contributed by atoms with van der Waals surface area (Å²) < 4.78 is 79.0. The third kappa shape index (κ3) is 14.4. The highest BCUT2D eigenvalue weighted by molar-refractivity contribution is 8.00. The van der Waals surface area contributed by atoms with Gasteiger partial charge in [0.1, 0.15) is 36.7 Å². The number of nitriles is 1. The fraction of sp³-hybridized carbons (Fsp3) is 0.476. The van der Waals surface area contributed by atoms with E-state index in [0.717, 1.165) is 44.4 Å². The Morgan fingerprint density at radius 1 is 0.984 bits per heavy atom. The molecular weight excluding hydrogens is 838 g/mol. The molecule has 2 aliphatic rings. The number of thioether (sulfide) groups is 1. The van der Waals surface area contributed by atoms with Crippen LogP contribution in [0.3, 0.4) is 0 Å². The van der Waals surface area contributed by atoms with Gasteiger partial charge in [-0.1, -0.05) is 24.3 Å². The van der Waals surface area contributed by atoms with Crippen molar-refractivity contribution in [3.8, 4) is 6.07 Å². The summed E-state index contributed by atoms with van der Waals surface area (Å²) in [5.41, 5.74) is -1.64. The Kier molecular flexibility index (Phi) is 18.3. The predicted octanol–water partition coefficient (Wildman–Crippen LogP) is 4.57. The lowest BCUT2D eigenvalue weighted by molar-refractivity contribution is -0.173. The summed E-state index contributed by atoms with van der Waals surface area (Å²) in [7, 11) is 0. The van der Waals surface area contributed by atoms with E-state index in [1.165, 1.54) is 54.2 Å². The number of hydrogen-bond donors (Lipinski definition) is 1. The van der Waals surface area contributed by atoms with Crippen LogP contribution in [0.15, 0.2) is 67.3 Å². The Labute approximate surface area is 361 Å². The number of carbonyl (C=O) groups excluding carboxylic acids is 3. The molecule has 5 rings (SSSR count). The molecule has 2 saturated heterocycles. The first kappa shape index (κ1) is 47.7. The maximum Gasteiger partial charge on any atom is 0.512 e. The van der Waals surface area contributed by atoms with Gasteiger partial charge >= 0.3 is 18.1 Å². The van der Waals surface area contributed by atoms with Gasteiger partial charge in [0.05, 0.1) is 56.1 Å². The molecule has 1 N–H and O–H groups in total. The molecular formula is C42H49F3N6O10S. The zero-order chi connectivity index (χ0) is 44.5. The number of rotatable bonds is 20. The average Bonchev–Trinajstić information content (AvgIpc) is 3.76. The predicted molar refractivity (Wildman–Crippen MR) is 217 cm³/mol. The van der Waals surface area contributed by atoms with Gasteiger partial charge in [-0.05, 0) is 37.3 Å². The number of carbonyl (C=O) groups is 3. The standard InChI is InChI=1S/C42H49F3N6O10S/c1-29(62-34-24-57-40(58-25-34)6-4-3-5-32-8-7-31(23-46)21-36(32)44)42(26-51-28-47-27-48-51,35-10-9-33(43)22-37(35)45)61-41(55)60-30(2)59-39(54)12-11-38(53)56-20-18-50-15-13-49(14-16-50)17-19-52/h3-10,21-22,27-30,34,40,52H,11-20,24-26H2,1-2H3. The number of ether oxygens (including phenoxy) is 6. The van der Waals surface area contributed by atoms with Crippen LogP contribution >= 0.6 is 11.8 Å². The van der Waals surface area contributed by atoms with Crippen LogP contribution < -0.4 is 0 Å². The molecule has 2 aliphatic heterocycles. The summed E-state index contributed by atoms with van der Waals surface area (Å²) in [6.45, 7) is 7.48. The van der Waals surface area contributed by atoms with Gasteiger partial charge in [0, 0.05) is 68.6 Å². The molecule has 0 radical (unpaired) electrons. The lowest BCUT2D eigenvalue weighted by Crippen LogP contribution is -2.48. The second-order valence-corrected chi connectivity index (χ2v) is 15.9. The van der Waals surface area contributed by atoms with Crippen molar-refractivity contribution in [2.45, 2.75) is 61.9 Å². The summed E-state index contributed by atoms with van der Waals surface area (Å²) >= 11 is 1.24. The van der Waals surface area contributed by atoms with E-state index in [1.807, 2.05) is 6.07 Å². The molecule has 3 atom stereocenters. The van der Waals surface area contributed by atoms with Gasteiger partial charge < -0.3 is 33.5 Å². The summed E-state index contributed by atoms with van der Waals surface area (Å²) in [6.07, 6.45) is 4.70. The van der Waals surface area contributed by atoms with Gasteiger partial charge in [0.25, 0.3) is 0 Å². The summed E-state index contributed by atoms with van der Waals surface area (Å²) in [4.78, 5) is 46.7. The Bertz CT molecular complexity index is 2040. The molecule has 3 unspecified atom stereocenters. The number of nitrogens with zero attached hydrogens (tertiary/aromatic N) is 6. The molecule has 16 nitrogen and oxygen atoms in total. The molecule has 0 amide bonds. The van der Waals surface area contributed by atoms with Crippen molar-refractivity contribution in [2.75, 3.05) is 65.7 Å². The van der Waals surface area contributed by atoms with Gasteiger partial charge in [-0.3, -0.25) is 19.4 Å². The molecule has 20 heteroatoms. The lowest BCUT2D eigenvalue weighted by Gasteiger charge is -2.40. The number of β-amino-alcohol motifs (C(OH)–C–C–N with tert-alkyl or cyclic N) is 1. The molecule has 3 heterocycles. The van der Waals surface area contributed by atoms with Crippen molar-refractivity contribution in [1.82, 2.24) is 24.6 Å². The zero-order valence-electron chi connectivity index (χ0n) is 34.3. The van der Waals surface area contributed by atoms with E-state index in [1.54, 1.807) is 25.2 Å². The second-order valence-electron chi connectivity index (χ2n) is 14.3. The van der Waals surface area contributed by atoms with Crippen LogP contribution in [0.4, 0.5) is 18.0 Å². The minimum atomic E-state index is -1.93. The van der Waals surface area contributed by atoms with Gasteiger partial charge in [-0.15, -0.1) is 11.8 Å². The van der Waals surface area contributed by atoms with Gasteiger partial charge in [0.2, 0.25) is 6.29 Å². The SMILES string of the molecule is CC(OC(=O)CCC(=O)OCCN1CCN(CCO)CC1)OC(=O)OC(Cn1cncn1)(c1ccc(F)cc1F)C(C)SC1COC(C=CC=Cc2ccc(C#N)cc2F)OC1. The second kappa shape index (κ2) is 23.8. The van der Waals surface area contributed by atoms with Crippen LogP contribution in [0, 0.1) is 28.8 Å². The third-order valence-corrected chi connectivity index (χ3v) is 11.3. The first-order chi connectivity index (χ1) is 29.9. The molecule has 2 fully saturated rings. The monoisotopic (exact) mass is 886 g/mol. The number of halogens is 3. The highest BCUT2D eigenvalue weighted by Crippen LogP contribution is 2.42. The maximum absolute atomic E-state index is 15.8. The molecule has 0 bridgehead atoms. The van der Waals surface area contributed by atoms with E-state index < -0.39 is 59.0 Å². The maximum atomic E-state index is 15.8. The smallest absolute Gasteiger partial charge is 0.464 e. The molecule has 0 saturated carbocycles. The number of benzene rings is 2. The Hall–Kier alpha value is -5.30. The van der Waals surface area contributed by atoms with Crippen LogP contribution in [0.1, 0.15) is 43.4 Å². The largest absolute Gasteiger partial charge is 0.512 e. The minimum Gasteiger partial charge on any atom is -0.464 e. The first-order valence-corrected chi connectivity index (χ1v) is 20.8. The van der Waals surface area contributed by atoms with Crippen molar-refractivity contribution in [3.63, 3.8) is 0 Å². The summed E-state index contributed by atoms with van der Waals surface area (Å²) in [6, 6.07) is 8.85. The van der Waals surface area contributed by atoms with Crippen molar-refractivity contribution in [1.29, 1.82) is 5.26 Å². The first-order valence-electron chi connectivity index (χ1n) is 19.9. The van der Waals surface area contributed by atoms with Crippen molar-refractivity contribution >= 4 is 35.9 Å². The van der Waals surface area contributed by atoms with Crippen molar-refractivity contribution in [2.24, 2.45) is 0 Å². The van der Waals surface area contributed by atoms with Crippen LogP contribution in [0.2, 0.25) is 0 Å². The quantitative estimate of drug-likeness (QED) is 0.0719. The molecule has 334 valence electrons. The fourth-order valence-electron chi connectivity index (χ4n) is 6.64. The zero-order valence-corrected chi connectivity index (χ0v) is 35.1.